The van der Waals surface area contributed by atoms with Crippen molar-refractivity contribution in [2.24, 2.45) is 0 Å². The zero-order valence-electron chi connectivity index (χ0n) is 12.3. The molecule has 0 aliphatic carbocycles. The first-order valence-corrected chi connectivity index (χ1v) is 8.39. The van der Waals surface area contributed by atoms with Gasteiger partial charge in [0.2, 0.25) is 0 Å². The van der Waals surface area contributed by atoms with Gasteiger partial charge < -0.3 is 4.74 Å². The fourth-order valence-corrected chi connectivity index (χ4v) is 3.35. The molecule has 0 saturated carbocycles. The van der Waals surface area contributed by atoms with Gasteiger partial charge in [-0.1, -0.05) is 60.7 Å². The minimum absolute atomic E-state index is 0.0378. The van der Waals surface area contributed by atoms with Gasteiger partial charge in [-0.3, -0.25) is 0 Å². The van der Waals surface area contributed by atoms with E-state index in [1.807, 2.05) is 0 Å². The first-order chi connectivity index (χ1) is 9.02. The van der Waals surface area contributed by atoms with Crippen LogP contribution in [0.1, 0.15) is 68.8 Å². The lowest BCUT2D eigenvalue weighted by Crippen LogP contribution is -2.24. The highest BCUT2D eigenvalue weighted by Crippen LogP contribution is 2.38. The van der Waals surface area contributed by atoms with Crippen LogP contribution in [0.5, 0.6) is 5.75 Å². The van der Waals surface area contributed by atoms with Crippen molar-refractivity contribution in [3.63, 3.8) is 0 Å². The minimum atomic E-state index is -0.0378. The lowest BCUT2D eigenvalue weighted by Gasteiger charge is -2.16. The second-order valence-electron chi connectivity index (χ2n) is 6.22. The number of rotatable bonds is 6. The summed E-state index contributed by atoms with van der Waals surface area (Å²) in [5.74, 6) is 1.07. The molecule has 1 heterocycles. The highest BCUT2D eigenvalue weighted by molar-refractivity contribution is 9.09. The standard InChI is InChI=1S/C17H25BrO/c1-4-5-6-7-8-15(18)13-9-10-16-14(11-13)12-17(2,3)19-16/h9-11,15H,4-8,12H2,1-3H3. The van der Waals surface area contributed by atoms with E-state index in [9.17, 15) is 0 Å². The van der Waals surface area contributed by atoms with Gasteiger partial charge in [0, 0.05) is 11.2 Å². The van der Waals surface area contributed by atoms with Gasteiger partial charge in [0.25, 0.3) is 0 Å². The average Bonchev–Trinajstić information content (AvgIpc) is 2.67. The summed E-state index contributed by atoms with van der Waals surface area (Å²) in [6.07, 6.45) is 7.56. The predicted molar refractivity (Wildman–Crippen MR) is 85.3 cm³/mol. The predicted octanol–water partition coefficient (Wildman–Crippen LogP) is 5.81. The molecule has 0 spiro atoms. The first kappa shape index (κ1) is 14.9. The van der Waals surface area contributed by atoms with Crippen molar-refractivity contribution in [2.45, 2.75) is 69.7 Å². The molecule has 2 rings (SSSR count). The molecule has 2 heteroatoms. The average molecular weight is 325 g/mol. The number of hydrogen-bond donors (Lipinski definition) is 0. The Morgan fingerprint density at radius 3 is 2.79 bits per heavy atom. The summed E-state index contributed by atoms with van der Waals surface area (Å²) in [5, 5.41) is 0. The number of alkyl halides is 1. The molecular formula is C17H25BrO. The summed E-state index contributed by atoms with van der Waals surface area (Å²) in [4.78, 5) is 0.485. The number of benzene rings is 1. The largest absolute Gasteiger partial charge is 0.487 e. The number of hydrogen-bond acceptors (Lipinski definition) is 1. The summed E-state index contributed by atoms with van der Waals surface area (Å²) in [6.45, 7) is 6.57. The monoisotopic (exact) mass is 324 g/mol. The zero-order valence-corrected chi connectivity index (χ0v) is 13.9. The van der Waals surface area contributed by atoms with E-state index in [4.69, 9.17) is 4.74 Å². The van der Waals surface area contributed by atoms with Crippen molar-refractivity contribution in [2.75, 3.05) is 0 Å². The molecule has 106 valence electrons. The summed E-state index contributed by atoms with van der Waals surface area (Å²) in [6, 6.07) is 6.67. The Labute approximate surface area is 125 Å². The van der Waals surface area contributed by atoms with E-state index in [0.29, 0.717) is 4.83 Å². The van der Waals surface area contributed by atoms with Gasteiger partial charge in [0.1, 0.15) is 11.4 Å². The Kier molecular flexibility index (Phi) is 4.94. The van der Waals surface area contributed by atoms with Crippen LogP contribution in [0.4, 0.5) is 0 Å². The molecule has 1 aromatic carbocycles. The van der Waals surface area contributed by atoms with Crippen LogP contribution in [0.25, 0.3) is 0 Å². The number of fused-ring (bicyclic) bond motifs is 1. The van der Waals surface area contributed by atoms with Gasteiger partial charge >= 0.3 is 0 Å². The van der Waals surface area contributed by atoms with E-state index in [1.54, 1.807) is 0 Å². The zero-order chi connectivity index (χ0) is 13.9. The molecule has 1 unspecified atom stereocenters. The third kappa shape index (κ3) is 3.98. The van der Waals surface area contributed by atoms with Crippen LogP contribution in [-0.2, 0) is 6.42 Å². The summed E-state index contributed by atoms with van der Waals surface area (Å²) in [5.41, 5.74) is 2.72. The van der Waals surface area contributed by atoms with Crippen LogP contribution in [0.15, 0.2) is 18.2 Å². The summed E-state index contributed by atoms with van der Waals surface area (Å²) < 4.78 is 5.93. The fourth-order valence-electron chi connectivity index (χ4n) is 2.74. The molecule has 0 amide bonds. The second kappa shape index (κ2) is 6.30. The molecular weight excluding hydrogens is 300 g/mol. The second-order valence-corrected chi connectivity index (χ2v) is 7.33. The highest BCUT2D eigenvalue weighted by Gasteiger charge is 2.30. The molecule has 0 radical (unpaired) electrons. The summed E-state index contributed by atoms with van der Waals surface area (Å²) in [7, 11) is 0. The van der Waals surface area contributed by atoms with Crippen LogP contribution in [0.2, 0.25) is 0 Å². The van der Waals surface area contributed by atoms with Crippen molar-refractivity contribution in [1.82, 2.24) is 0 Å². The Hall–Kier alpha value is -0.500. The molecule has 1 nitrogen and oxygen atoms in total. The Balaban J connectivity index is 1.95. The van der Waals surface area contributed by atoms with Gasteiger partial charge in [-0.25, -0.2) is 0 Å². The van der Waals surface area contributed by atoms with Crippen LogP contribution in [0.3, 0.4) is 0 Å². The molecule has 1 aromatic rings. The lowest BCUT2D eigenvalue weighted by molar-refractivity contribution is 0.138. The Morgan fingerprint density at radius 2 is 2.05 bits per heavy atom. The molecule has 0 saturated heterocycles. The quantitative estimate of drug-likeness (QED) is 0.474. The summed E-state index contributed by atoms with van der Waals surface area (Å²) >= 11 is 3.83. The topological polar surface area (TPSA) is 9.23 Å². The van der Waals surface area contributed by atoms with Crippen molar-refractivity contribution in [3.8, 4) is 5.75 Å². The first-order valence-electron chi connectivity index (χ1n) is 7.48. The third-order valence-corrected chi connectivity index (χ3v) is 4.75. The molecule has 0 N–H and O–H groups in total. The van der Waals surface area contributed by atoms with Gasteiger partial charge in [0.05, 0.1) is 0 Å². The van der Waals surface area contributed by atoms with Crippen molar-refractivity contribution in [3.05, 3.63) is 29.3 Å². The van der Waals surface area contributed by atoms with Gasteiger partial charge in [-0.05, 0) is 37.5 Å². The van der Waals surface area contributed by atoms with Gasteiger partial charge in [-0.2, -0.15) is 0 Å². The van der Waals surface area contributed by atoms with Crippen molar-refractivity contribution < 1.29 is 4.74 Å². The van der Waals surface area contributed by atoms with E-state index < -0.39 is 0 Å². The van der Waals surface area contributed by atoms with E-state index in [1.165, 1.54) is 43.2 Å². The van der Waals surface area contributed by atoms with Crippen LogP contribution in [-0.4, -0.2) is 5.60 Å². The van der Waals surface area contributed by atoms with E-state index >= 15 is 0 Å². The molecule has 1 aliphatic heterocycles. The number of halogens is 1. The third-order valence-electron chi connectivity index (χ3n) is 3.76. The molecule has 1 atom stereocenters. The van der Waals surface area contributed by atoms with Gasteiger partial charge in [0.15, 0.2) is 0 Å². The van der Waals surface area contributed by atoms with Crippen LogP contribution < -0.4 is 4.74 Å². The van der Waals surface area contributed by atoms with E-state index in [0.717, 1.165) is 12.2 Å². The molecule has 0 bridgehead atoms. The molecule has 19 heavy (non-hydrogen) atoms. The maximum absolute atomic E-state index is 5.93. The minimum Gasteiger partial charge on any atom is -0.487 e. The molecule has 1 aliphatic rings. The van der Waals surface area contributed by atoms with Crippen LogP contribution >= 0.6 is 15.9 Å². The fraction of sp³-hybridized carbons (Fsp3) is 0.647. The lowest BCUT2D eigenvalue weighted by atomic mass is 9.98. The normalized spacial score (nSPS) is 17.9. The van der Waals surface area contributed by atoms with Crippen molar-refractivity contribution in [1.29, 1.82) is 0 Å². The Morgan fingerprint density at radius 1 is 1.26 bits per heavy atom. The Bertz CT molecular complexity index is 425. The number of unbranched alkanes of at least 4 members (excludes halogenated alkanes) is 3. The maximum Gasteiger partial charge on any atom is 0.123 e. The van der Waals surface area contributed by atoms with Crippen LogP contribution in [0, 0.1) is 0 Å². The molecule has 0 fully saturated rings. The number of ether oxygens (including phenoxy) is 1. The maximum atomic E-state index is 5.93. The van der Waals surface area contributed by atoms with E-state index in [-0.39, 0.29) is 5.60 Å². The van der Waals surface area contributed by atoms with Crippen molar-refractivity contribution >= 4 is 15.9 Å². The smallest absolute Gasteiger partial charge is 0.123 e. The highest BCUT2D eigenvalue weighted by atomic mass is 79.9. The van der Waals surface area contributed by atoms with E-state index in [2.05, 4.69) is 54.9 Å². The molecule has 0 aromatic heterocycles. The van der Waals surface area contributed by atoms with Gasteiger partial charge in [-0.15, -0.1) is 0 Å². The SMILES string of the molecule is CCCCCCC(Br)c1ccc2c(c1)CC(C)(C)O2.